The van der Waals surface area contributed by atoms with Gasteiger partial charge in [-0.15, -0.1) is 0 Å². The zero-order valence-electron chi connectivity index (χ0n) is 14.8. The first-order chi connectivity index (χ1) is 12.4. The molecule has 2 N–H and O–H groups in total. The van der Waals surface area contributed by atoms with Crippen molar-refractivity contribution < 1.29 is 4.79 Å². The first-order valence-electron chi connectivity index (χ1n) is 8.65. The van der Waals surface area contributed by atoms with Crippen LogP contribution in [0.2, 0.25) is 0 Å². The molecule has 1 aliphatic carbocycles. The van der Waals surface area contributed by atoms with Crippen LogP contribution in [0.3, 0.4) is 0 Å². The summed E-state index contributed by atoms with van der Waals surface area (Å²) in [6, 6.07) is 13.9. The standard InChI is InChI=1S/C21H20BrN3O/c1-21(2)11-15-18(16(26)12-21)20(24-14-6-4-3-5-7-14)19(25-15)13-8-9-23-17(22)10-13/h3-10,24-25H,11-12H2,1-2H3. The second kappa shape index (κ2) is 6.40. The van der Waals surface area contributed by atoms with Crippen molar-refractivity contribution in [1.29, 1.82) is 0 Å². The van der Waals surface area contributed by atoms with E-state index in [1.54, 1.807) is 6.20 Å². The number of H-pyrrole nitrogens is 1. The van der Waals surface area contributed by atoms with Crippen LogP contribution in [0.5, 0.6) is 0 Å². The minimum absolute atomic E-state index is 0.0327. The van der Waals surface area contributed by atoms with E-state index in [9.17, 15) is 4.79 Å². The number of anilines is 2. The third-order valence-electron chi connectivity index (χ3n) is 4.71. The molecule has 2 aromatic heterocycles. The van der Waals surface area contributed by atoms with E-state index in [-0.39, 0.29) is 11.2 Å². The third kappa shape index (κ3) is 3.19. The lowest BCUT2D eigenvalue weighted by atomic mass is 9.76. The average Bonchev–Trinajstić information content (AvgIpc) is 2.93. The topological polar surface area (TPSA) is 57.8 Å². The molecule has 0 aliphatic heterocycles. The number of ketones is 1. The van der Waals surface area contributed by atoms with Gasteiger partial charge in [-0.3, -0.25) is 4.79 Å². The first-order valence-corrected chi connectivity index (χ1v) is 9.44. The predicted molar refractivity (Wildman–Crippen MR) is 108 cm³/mol. The van der Waals surface area contributed by atoms with Gasteiger partial charge in [-0.2, -0.15) is 0 Å². The van der Waals surface area contributed by atoms with Crippen LogP contribution < -0.4 is 5.32 Å². The highest BCUT2D eigenvalue weighted by molar-refractivity contribution is 9.10. The maximum absolute atomic E-state index is 12.9. The maximum Gasteiger partial charge on any atom is 0.167 e. The van der Waals surface area contributed by atoms with Crippen molar-refractivity contribution in [3.63, 3.8) is 0 Å². The Kier molecular flexibility index (Phi) is 4.19. The molecule has 132 valence electrons. The van der Waals surface area contributed by atoms with E-state index in [1.165, 1.54) is 0 Å². The maximum atomic E-state index is 12.9. The number of pyridine rings is 1. The molecule has 4 rings (SSSR count). The highest BCUT2D eigenvalue weighted by Crippen LogP contribution is 2.43. The van der Waals surface area contributed by atoms with E-state index in [0.29, 0.717) is 6.42 Å². The predicted octanol–water partition coefficient (Wildman–Crippen LogP) is 5.74. The lowest BCUT2D eigenvalue weighted by Crippen LogP contribution is -2.26. The van der Waals surface area contributed by atoms with Gasteiger partial charge in [0, 0.05) is 29.6 Å². The van der Waals surface area contributed by atoms with E-state index in [4.69, 9.17) is 0 Å². The number of fused-ring (bicyclic) bond motifs is 1. The number of halogens is 1. The van der Waals surface area contributed by atoms with Crippen molar-refractivity contribution in [1.82, 2.24) is 9.97 Å². The van der Waals surface area contributed by atoms with E-state index >= 15 is 0 Å². The summed E-state index contributed by atoms with van der Waals surface area (Å²) in [7, 11) is 0. The average molecular weight is 410 g/mol. The Bertz CT molecular complexity index is 976. The minimum atomic E-state index is -0.0327. The molecule has 0 saturated carbocycles. The SMILES string of the molecule is CC1(C)CC(=O)c2c([nH]c(-c3ccnc(Br)c3)c2Nc2ccccc2)C1. The Morgan fingerprint density at radius 1 is 1.15 bits per heavy atom. The van der Waals surface area contributed by atoms with Gasteiger partial charge in [0.2, 0.25) is 0 Å². The van der Waals surface area contributed by atoms with Crippen LogP contribution in [0.4, 0.5) is 11.4 Å². The quantitative estimate of drug-likeness (QED) is 0.542. The van der Waals surface area contributed by atoms with E-state index in [1.807, 2.05) is 42.5 Å². The van der Waals surface area contributed by atoms with Gasteiger partial charge < -0.3 is 10.3 Å². The summed E-state index contributed by atoms with van der Waals surface area (Å²) in [6.45, 7) is 4.28. The number of carbonyl (C=O) groups is 1. The number of carbonyl (C=O) groups excluding carboxylic acids is 1. The highest BCUT2D eigenvalue weighted by atomic mass is 79.9. The second-order valence-electron chi connectivity index (χ2n) is 7.53. The molecule has 4 nitrogen and oxygen atoms in total. The molecule has 0 spiro atoms. The molecule has 2 heterocycles. The van der Waals surface area contributed by atoms with Crippen LogP contribution in [0, 0.1) is 5.41 Å². The van der Waals surface area contributed by atoms with Gasteiger partial charge in [0.05, 0.1) is 16.9 Å². The molecular formula is C21H20BrN3O. The number of hydrogen-bond acceptors (Lipinski definition) is 3. The number of hydrogen-bond donors (Lipinski definition) is 2. The summed E-state index contributed by atoms with van der Waals surface area (Å²) in [4.78, 5) is 20.7. The summed E-state index contributed by atoms with van der Waals surface area (Å²) in [5.74, 6) is 0.185. The minimum Gasteiger partial charge on any atom is -0.356 e. The molecule has 0 radical (unpaired) electrons. The zero-order chi connectivity index (χ0) is 18.3. The first kappa shape index (κ1) is 17.0. The molecule has 0 bridgehead atoms. The summed E-state index contributed by atoms with van der Waals surface area (Å²) in [5.41, 5.74) is 5.49. The fourth-order valence-corrected chi connectivity index (χ4v) is 3.99. The molecule has 0 saturated heterocycles. The van der Waals surface area contributed by atoms with Gasteiger partial charge >= 0.3 is 0 Å². The highest BCUT2D eigenvalue weighted by Gasteiger charge is 2.35. The largest absolute Gasteiger partial charge is 0.356 e. The van der Waals surface area contributed by atoms with Gasteiger partial charge in [-0.25, -0.2) is 4.98 Å². The van der Waals surface area contributed by atoms with Crippen LogP contribution >= 0.6 is 15.9 Å². The van der Waals surface area contributed by atoms with Crippen molar-refractivity contribution in [2.24, 2.45) is 5.41 Å². The summed E-state index contributed by atoms with van der Waals surface area (Å²) < 4.78 is 0.764. The van der Waals surface area contributed by atoms with Gasteiger partial charge in [-0.1, -0.05) is 32.0 Å². The number of nitrogens with one attached hydrogen (secondary N) is 2. The Hall–Kier alpha value is -2.40. The number of nitrogens with zero attached hydrogens (tertiary/aromatic N) is 1. The molecule has 0 unspecified atom stereocenters. The van der Waals surface area contributed by atoms with E-state index < -0.39 is 0 Å². The number of rotatable bonds is 3. The second-order valence-corrected chi connectivity index (χ2v) is 8.34. The molecular weight excluding hydrogens is 390 g/mol. The summed E-state index contributed by atoms with van der Waals surface area (Å²) in [5, 5.41) is 3.47. The van der Waals surface area contributed by atoms with Crippen molar-refractivity contribution >= 4 is 33.1 Å². The van der Waals surface area contributed by atoms with Crippen LogP contribution in [0.1, 0.15) is 36.3 Å². The van der Waals surface area contributed by atoms with Crippen molar-refractivity contribution in [2.45, 2.75) is 26.7 Å². The number of aromatic nitrogens is 2. The molecule has 26 heavy (non-hydrogen) atoms. The van der Waals surface area contributed by atoms with Crippen molar-refractivity contribution in [3.8, 4) is 11.3 Å². The number of para-hydroxylation sites is 1. The van der Waals surface area contributed by atoms with Crippen LogP contribution in [-0.4, -0.2) is 15.8 Å². The molecule has 0 fully saturated rings. The fourth-order valence-electron chi connectivity index (χ4n) is 3.62. The molecule has 1 aromatic carbocycles. The lowest BCUT2D eigenvalue weighted by Gasteiger charge is -2.28. The Morgan fingerprint density at radius 2 is 1.92 bits per heavy atom. The molecule has 0 amide bonds. The van der Waals surface area contributed by atoms with Gasteiger partial charge in [0.15, 0.2) is 5.78 Å². The number of benzene rings is 1. The number of Topliss-reactive ketones (excluding diaryl/α,β-unsaturated/α-hetero) is 1. The van der Waals surface area contributed by atoms with Gasteiger partial charge in [0.1, 0.15) is 4.60 Å². The normalized spacial score (nSPS) is 15.6. The summed E-state index contributed by atoms with van der Waals surface area (Å²) >= 11 is 3.44. The van der Waals surface area contributed by atoms with Crippen molar-refractivity contribution in [2.75, 3.05) is 5.32 Å². The smallest absolute Gasteiger partial charge is 0.167 e. The van der Waals surface area contributed by atoms with Crippen molar-refractivity contribution in [3.05, 3.63) is 64.5 Å². The lowest BCUT2D eigenvalue weighted by molar-refractivity contribution is 0.0912. The van der Waals surface area contributed by atoms with E-state index in [2.05, 4.69) is 45.1 Å². The Labute approximate surface area is 161 Å². The monoisotopic (exact) mass is 409 g/mol. The molecule has 1 aliphatic rings. The van der Waals surface area contributed by atoms with Gasteiger partial charge in [-0.05, 0) is 52.0 Å². The van der Waals surface area contributed by atoms with Gasteiger partial charge in [0.25, 0.3) is 0 Å². The Balaban J connectivity index is 1.89. The molecule has 0 atom stereocenters. The molecule has 3 aromatic rings. The van der Waals surface area contributed by atoms with Crippen LogP contribution in [0.25, 0.3) is 11.3 Å². The fraction of sp³-hybridized carbons (Fsp3) is 0.238. The third-order valence-corrected chi connectivity index (χ3v) is 5.14. The number of aromatic amines is 1. The van der Waals surface area contributed by atoms with Crippen LogP contribution in [0.15, 0.2) is 53.3 Å². The van der Waals surface area contributed by atoms with Crippen LogP contribution in [-0.2, 0) is 6.42 Å². The Morgan fingerprint density at radius 3 is 2.65 bits per heavy atom. The molecule has 5 heteroatoms. The van der Waals surface area contributed by atoms with E-state index in [0.717, 1.165) is 44.9 Å². The zero-order valence-corrected chi connectivity index (χ0v) is 16.4. The summed E-state index contributed by atoms with van der Waals surface area (Å²) in [6.07, 6.45) is 3.17.